The van der Waals surface area contributed by atoms with Crippen molar-refractivity contribution < 1.29 is 14.3 Å². The van der Waals surface area contributed by atoms with Crippen LogP contribution >= 0.6 is 0 Å². The van der Waals surface area contributed by atoms with Gasteiger partial charge in [0.2, 0.25) is 11.8 Å². The summed E-state index contributed by atoms with van der Waals surface area (Å²) in [6, 6.07) is 0.0534. The van der Waals surface area contributed by atoms with E-state index in [2.05, 4.69) is 36.2 Å². The predicted molar refractivity (Wildman–Crippen MR) is 113 cm³/mol. The molecule has 2 amide bonds. The van der Waals surface area contributed by atoms with E-state index in [0.717, 1.165) is 32.4 Å². The molecule has 2 atom stereocenters. The molecule has 0 aromatic rings. The number of nitrogens with zero attached hydrogens (tertiary/aromatic N) is 1. The fourth-order valence-electron chi connectivity index (χ4n) is 4.68. The highest BCUT2D eigenvalue weighted by Crippen LogP contribution is 2.38. The molecular formula is C23H40N2O3. The van der Waals surface area contributed by atoms with Gasteiger partial charge in [0, 0.05) is 25.6 Å². The van der Waals surface area contributed by atoms with Gasteiger partial charge < -0.3 is 4.74 Å². The van der Waals surface area contributed by atoms with Crippen LogP contribution in [0.3, 0.4) is 0 Å². The van der Waals surface area contributed by atoms with E-state index in [1.54, 1.807) is 0 Å². The third-order valence-corrected chi connectivity index (χ3v) is 6.24. The van der Waals surface area contributed by atoms with Crippen LogP contribution in [0, 0.1) is 5.41 Å². The zero-order chi connectivity index (χ0) is 20.2. The molecule has 2 fully saturated rings. The van der Waals surface area contributed by atoms with Crippen LogP contribution in [-0.4, -0.2) is 49.1 Å². The first-order valence-corrected chi connectivity index (χ1v) is 11.5. The van der Waals surface area contributed by atoms with E-state index in [1.165, 1.54) is 44.9 Å². The second-order valence-corrected chi connectivity index (χ2v) is 8.33. The van der Waals surface area contributed by atoms with Crippen LogP contribution < -0.4 is 5.32 Å². The van der Waals surface area contributed by atoms with E-state index < -0.39 is 5.41 Å². The second-order valence-electron chi connectivity index (χ2n) is 8.33. The summed E-state index contributed by atoms with van der Waals surface area (Å²) in [5.41, 5.74) is -0.719. The Balaban J connectivity index is 1.87. The monoisotopic (exact) mass is 392 g/mol. The highest BCUT2D eigenvalue weighted by Gasteiger charge is 2.51. The van der Waals surface area contributed by atoms with Gasteiger partial charge >= 0.3 is 0 Å². The van der Waals surface area contributed by atoms with E-state index in [-0.39, 0.29) is 24.3 Å². The van der Waals surface area contributed by atoms with Gasteiger partial charge in [-0.05, 0) is 19.3 Å². The summed E-state index contributed by atoms with van der Waals surface area (Å²) in [6.07, 6.45) is 16.7. The largest absolute Gasteiger partial charge is 0.379 e. The van der Waals surface area contributed by atoms with E-state index in [4.69, 9.17) is 4.74 Å². The first kappa shape index (κ1) is 23.1. The number of morpholine rings is 1. The molecular weight excluding hydrogens is 352 g/mol. The molecule has 2 unspecified atom stereocenters. The van der Waals surface area contributed by atoms with Crippen molar-refractivity contribution in [1.82, 2.24) is 10.2 Å². The summed E-state index contributed by atoms with van der Waals surface area (Å²) in [4.78, 5) is 27.2. The summed E-state index contributed by atoms with van der Waals surface area (Å²) in [5.74, 6) is -0.267. The Labute approximate surface area is 171 Å². The number of rotatable bonds is 13. The van der Waals surface area contributed by atoms with Crippen LogP contribution in [0.5, 0.6) is 0 Å². The minimum atomic E-state index is -0.719. The normalized spacial score (nSPS) is 24.8. The molecule has 28 heavy (non-hydrogen) atoms. The molecule has 160 valence electrons. The molecule has 2 aliphatic rings. The zero-order valence-electron chi connectivity index (χ0n) is 18.0. The molecule has 2 rings (SSSR count). The predicted octanol–water partition coefficient (Wildman–Crippen LogP) is 4.22. The Hall–Kier alpha value is -1.20. The van der Waals surface area contributed by atoms with Crippen molar-refractivity contribution in [1.29, 1.82) is 0 Å². The highest BCUT2D eigenvalue weighted by atomic mass is 16.5. The number of amides is 2. The van der Waals surface area contributed by atoms with Gasteiger partial charge in [0.15, 0.2) is 0 Å². The smallest absolute Gasteiger partial charge is 0.238 e. The van der Waals surface area contributed by atoms with E-state index in [9.17, 15) is 9.59 Å². The summed E-state index contributed by atoms with van der Waals surface area (Å²) in [5, 5.41) is 2.56. The highest BCUT2D eigenvalue weighted by molar-refractivity contribution is 6.07. The lowest BCUT2D eigenvalue weighted by Crippen LogP contribution is -2.53. The Morgan fingerprint density at radius 3 is 2.25 bits per heavy atom. The quantitative estimate of drug-likeness (QED) is 0.290. The maximum absolute atomic E-state index is 12.8. The Bertz CT molecular complexity index is 514. The molecule has 5 heteroatoms. The molecule has 0 spiro atoms. The lowest BCUT2D eigenvalue weighted by molar-refractivity contribution is -0.130. The fourth-order valence-corrected chi connectivity index (χ4v) is 4.68. The van der Waals surface area contributed by atoms with Gasteiger partial charge in [-0.2, -0.15) is 0 Å². The maximum Gasteiger partial charge on any atom is 0.238 e. The lowest BCUT2D eigenvalue weighted by Gasteiger charge is -2.41. The number of nitrogens with one attached hydrogen (secondary N) is 1. The van der Waals surface area contributed by atoms with Crippen molar-refractivity contribution in [2.24, 2.45) is 5.41 Å². The molecule has 5 nitrogen and oxygen atoms in total. The molecule has 1 N–H and O–H groups in total. The zero-order valence-corrected chi connectivity index (χ0v) is 18.0. The first-order chi connectivity index (χ1) is 13.6. The van der Waals surface area contributed by atoms with E-state index in [1.807, 2.05) is 0 Å². The van der Waals surface area contributed by atoms with E-state index in [0.29, 0.717) is 13.2 Å². The molecule has 0 aromatic carbocycles. The average molecular weight is 393 g/mol. The van der Waals surface area contributed by atoms with Gasteiger partial charge in [-0.25, -0.2) is 0 Å². The van der Waals surface area contributed by atoms with Gasteiger partial charge in [-0.15, -0.1) is 0 Å². The molecule has 2 aliphatic heterocycles. The molecule has 0 radical (unpaired) electrons. The molecule has 2 saturated heterocycles. The summed E-state index contributed by atoms with van der Waals surface area (Å²) in [6.45, 7) is 7.42. The molecule has 0 saturated carbocycles. The second kappa shape index (κ2) is 12.4. The number of hydrogen-bond donors (Lipinski definition) is 1. The molecule has 0 bridgehead atoms. The maximum atomic E-state index is 12.8. The number of allylic oxidation sites excluding steroid dienone is 1. The van der Waals surface area contributed by atoms with Crippen molar-refractivity contribution in [3.63, 3.8) is 0 Å². The van der Waals surface area contributed by atoms with Crippen LogP contribution in [-0.2, 0) is 14.3 Å². The fraction of sp³-hybridized carbons (Fsp3) is 0.826. The van der Waals surface area contributed by atoms with Crippen molar-refractivity contribution in [2.75, 3.05) is 26.3 Å². The first-order valence-electron chi connectivity index (χ1n) is 11.5. The van der Waals surface area contributed by atoms with Crippen LogP contribution in [0.15, 0.2) is 12.2 Å². The molecule has 2 heterocycles. The van der Waals surface area contributed by atoms with Gasteiger partial charge in [0.1, 0.15) is 0 Å². The number of carbonyl (C=O) groups is 2. The number of hydrogen-bond acceptors (Lipinski definition) is 4. The van der Waals surface area contributed by atoms with E-state index >= 15 is 0 Å². The standard InChI is InChI=1S/C23H40N2O3/c1-3-5-6-7-8-9-10-11-12-13-14-23(19-21(26)24-22(23)27)20(4-2)25-15-17-28-18-16-25/h13-14,20H,3-12,15-19H2,1-2H3,(H,24,26,27). The van der Waals surface area contributed by atoms with Crippen molar-refractivity contribution in [3.05, 3.63) is 12.2 Å². The summed E-state index contributed by atoms with van der Waals surface area (Å²) < 4.78 is 5.48. The third-order valence-electron chi connectivity index (χ3n) is 6.24. The van der Waals surface area contributed by atoms with Crippen molar-refractivity contribution >= 4 is 11.8 Å². The summed E-state index contributed by atoms with van der Waals surface area (Å²) >= 11 is 0. The SMILES string of the molecule is CCCCCCCCCCC=CC1(C(CC)N2CCOCC2)CC(=O)NC1=O. The average Bonchev–Trinajstić information content (AvgIpc) is 2.98. The number of unbranched alkanes of at least 4 members (excludes halogenated alkanes) is 8. The van der Waals surface area contributed by atoms with Crippen LogP contribution in [0.4, 0.5) is 0 Å². The Kier molecular flexibility index (Phi) is 10.2. The minimum absolute atomic E-state index is 0.0534. The van der Waals surface area contributed by atoms with Crippen LogP contribution in [0.1, 0.15) is 84.5 Å². The number of carbonyl (C=O) groups excluding carboxylic acids is 2. The third kappa shape index (κ3) is 6.41. The minimum Gasteiger partial charge on any atom is -0.379 e. The molecule has 0 aliphatic carbocycles. The van der Waals surface area contributed by atoms with Gasteiger partial charge in [0.05, 0.1) is 18.6 Å². The Morgan fingerprint density at radius 2 is 1.68 bits per heavy atom. The Morgan fingerprint density at radius 1 is 1.04 bits per heavy atom. The van der Waals surface area contributed by atoms with Gasteiger partial charge in [-0.3, -0.25) is 19.8 Å². The molecule has 0 aromatic heterocycles. The van der Waals surface area contributed by atoms with Gasteiger partial charge in [-0.1, -0.05) is 70.9 Å². The number of imide groups is 1. The summed E-state index contributed by atoms with van der Waals surface area (Å²) in [7, 11) is 0. The lowest BCUT2D eigenvalue weighted by atomic mass is 9.75. The topological polar surface area (TPSA) is 58.6 Å². The van der Waals surface area contributed by atoms with Crippen LogP contribution in [0.2, 0.25) is 0 Å². The van der Waals surface area contributed by atoms with Crippen LogP contribution in [0.25, 0.3) is 0 Å². The number of ether oxygens (including phenoxy) is 1. The van der Waals surface area contributed by atoms with Gasteiger partial charge in [0.25, 0.3) is 0 Å². The van der Waals surface area contributed by atoms with Crippen molar-refractivity contribution in [2.45, 2.75) is 90.5 Å². The van der Waals surface area contributed by atoms with Crippen molar-refractivity contribution in [3.8, 4) is 0 Å².